The van der Waals surface area contributed by atoms with E-state index in [4.69, 9.17) is 0 Å². The van der Waals surface area contributed by atoms with Crippen molar-refractivity contribution < 1.29 is 9.59 Å². The van der Waals surface area contributed by atoms with Gasteiger partial charge in [-0.1, -0.05) is 12.8 Å². The molecule has 1 heterocycles. The van der Waals surface area contributed by atoms with Crippen LogP contribution in [0.1, 0.15) is 37.7 Å². The van der Waals surface area contributed by atoms with E-state index in [1.54, 1.807) is 12.4 Å². The molecule has 0 aliphatic heterocycles. The van der Waals surface area contributed by atoms with Crippen molar-refractivity contribution in [1.82, 2.24) is 15.6 Å². The quantitative estimate of drug-likeness (QED) is 0.781. The monoisotopic (exact) mass is 261 g/mol. The minimum absolute atomic E-state index is 0.0957. The predicted molar refractivity (Wildman–Crippen MR) is 71.1 cm³/mol. The summed E-state index contributed by atoms with van der Waals surface area (Å²) in [6, 6.07) is 3.93. The van der Waals surface area contributed by atoms with Crippen molar-refractivity contribution in [2.24, 2.45) is 0 Å². The average molecular weight is 261 g/mol. The van der Waals surface area contributed by atoms with Gasteiger partial charge < -0.3 is 10.6 Å². The van der Waals surface area contributed by atoms with E-state index in [0.29, 0.717) is 6.54 Å². The van der Waals surface area contributed by atoms with E-state index in [2.05, 4.69) is 15.6 Å². The first-order chi connectivity index (χ1) is 9.24. The molecule has 0 radical (unpaired) electrons. The minimum atomic E-state index is -0.243. The molecule has 1 aromatic rings. The summed E-state index contributed by atoms with van der Waals surface area (Å²) >= 11 is 0. The number of carbonyl (C=O) groups is 2. The first-order valence-corrected chi connectivity index (χ1v) is 6.69. The molecule has 0 atom stereocenters. The fourth-order valence-electron chi connectivity index (χ4n) is 2.26. The number of pyridine rings is 1. The summed E-state index contributed by atoms with van der Waals surface area (Å²) in [5.74, 6) is -0.425. The van der Waals surface area contributed by atoms with E-state index >= 15 is 0 Å². The van der Waals surface area contributed by atoms with Gasteiger partial charge in [0.1, 0.15) is 6.42 Å². The number of nitrogens with one attached hydrogen (secondary N) is 2. The van der Waals surface area contributed by atoms with Gasteiger partial charge in [0.15, 0.2) is 0 Å². The van der Waals surface area contributed by atoms with E-state index in [-0.39, 0.29) is 24.3 Å². The Morgan fingerprint density at radius 2 is 1.84 bits per heavy atom. The zero-order valence-electron chi connectivity index (χ0n) is 10.9. The molecule has 0 bridgehead atoms. The summed E-state index contributed by atoms with van der Waals surface area (Å²) in [7, 11) is 0. The molecular weight excluding hydrogens is 242 g/mol. The Bertz CT molecular complexity index is 428. The Labute approximate surface area is 112 Å². The van der Waals surface area contributed by atoms with E-state index < -0.39 is 0 Å². The first kappa shape index (κ1) is 13.5. The second kappa shape index (κ2) is 6.87. The van der Waals surface area contributed by atoms with E-state index in [1.165, 1.54) is 12.8 Å². The molecule has 0 saturated heterocycles. The molecular formula is C14H19N3O2. The molecule has 1 fully saturated rings. The number of rotatable bonds is 5. The summed E-state index contributed by atoms with van der Waals surface area (Å²) in [5.41, 5.74) is 0.972. The third kappa shape index (κ3) is 4.69. The van der Waals surface area contributed by atoms with Crippen LogP contribution in [-0.2, 0) is 16.1 Å². The maximum Gasteiger partial charge on any atom is 0.229 e. The van der Waals surface area contributed by atoms with Gasteiger partial charge in [-0.15, -0.1) is 0 Å². The number of carbonyl (C=O) groups excluding carboxylic acids is 2. The minimum Gasteiger partial charge on any atom is -0.353 e. The van der Waals surface area contributed by atoms with Crippen LogP contribution in [0.4, 0.5) is 0 Å². The lowest BCUT2D eigenvalue weighted by molar-refractivity contribution is -0.129. The molecule has 19 heavy (non-hydrogen) atoms. The number of hydrogen-bond acceptors (Lipinski definition) is 3. The number of hydrogen-bond donors (Lipinski definition) is 2. The van der Waals surface area contributed by atoms with Crippen LogP contribution in [0.3, 0.4) is 0 Å². The molecule has 1 aliphatic rings. The molecule has 0 unspecified atom stereocenters. The van der Waals surface area contributed by atoms with Gasteiger partial charge in [-0.25, -0.2) is 0 Å². The van der Waals surface area contributed by atoms with Crippen LogP contribution in [0, 0.1) is 0 Å². The lowest BCUT2D eigenvalue weighted by Crippen LogP contribution is -2.36. The largest absolute Gasteiger partial charge is 0.353 e. The van der Waals surface area contributed by atoms with Gasteiger partial charge in [0.25, 0.3) is 0 Å². The van der Waals surface area contributed by atoms with Crippen LogP contribution in [0.25, 0.3) is 0 Å². The average Bonchev–Trinajstić information content (AvgIpc) is 2.90. The lowest BCUT2D eigenvalue weighted by Gasteiger charge is -2.11. The van der Waals surface area contributed by atoms with Crippen LogP contribution in [0.15, 0.2) is 24.5 Å². The highest BCUT2D eigenvalue weighted by Gasteiger charge is 2.18. The molecule has 2 N–H and O–H groups in total. The van der Waals surface area contributed by atoms with Gasteiger partial charge in [-0.2, -0.15) is 0 Å². The number of aromatic nitrogens is 1. The maximum atomic E-state index is 11.6. The third-order valence-corrected chi connectivity index (χ3v) is 3.28. The molecule has 2 amide bonds. The molecule has 5 nitrogen and oxygen atoms in total. The van der Waals surface area contributed by atoms with Gasteiger partial charge in [-0.3, -0.25) is 14.6 Å². The Balaban J connectivity index is 1.67. The van der Waals surface area contributed by atoms with Gasteiger partial charge in [0.05, 0.1) is 0 Å². The van der Waals surface area contributed by atoms with Gasteiger partial charge in [-0.05, 0) is 30.5 Å². The van der Waals surface area contributed by atoms with Crippen molar-refractivity contribution in [3.63, 3.8) is 0 Å². The summed E-state index contributed by atoms with van der Waals surface area (Å²) in [4.78, 5) is 27.2. The Morgan fingerprint density at radius 1 is 1.16 bits per heavy atom. The van der Waals surface area contributed by atoms with Crippen molar-refractivity contribution in [3.8, 4) is 0 Å². The van der Waals surface area contributed by atoms with E-state index in [9.17, 15) is 9.59 Å². The van der Waals surface area contributed by atoms with Crippen LogP contribution in [0.5, 0.6) is 0 Å². The Hall–Kier alpha value is -1.91. The lowest BCUT2D eigenvalue weighted by atomic mass is 10.2. The van der Waals surface area contributed by atoms with Crippen LogP contribution in [-0.4, -0.2) is 22.8 Å². The topological polar surface area (TPSA) is 71.1 Å². The zero-order valence-corrected chi connectivity index (χ0v) is 10.9. The van der Waals surface area contributed by atoms with Gasteiger partial charge >= 0.3 is 0 Å². The fourth-order valence-corrected chi connectivity index (χ4v) is 2.26. The molecule has 5 heteroatoms. The normalized spacial score (nSPS) is 15.2. The van der Waals surface area contributed by atoms with Crippen molar-refractivity contribution in [2.45, 2.75) is 44.7 Å². The van der Waals surface area contributed by atoms with E-state index in [0.717, 1.165) is 18.4 Å². The van der Waals surface area contributed by atoms with Gasteiger partial charge in [0, 0.05) is 25.0 Å². The summed E-state index contributed by atoms with van der Waals surface area (Å²) in [6.45, 7) is 0.429. The highest BCUT2D eigenvalue weighted by Crippen LogP contribution is 2.17. The molecule has 102 valence electrons. The maximum absolute atomic E-state index is 11.6. The SMILES string of the molecule is O=C(CC(=O)NC1CCCC1)NCc1ccncc1. The summed E-state index contributed by atoms with van der Waals surface area (Å²) < 4.78 is 0. The van der Waals surface area contributed by atoms with Crippen molar-refractivity contribution in [1.29, 1.82) is 0 Å². The Kier molecular flexibility index (Phi) is 4.89. The smallest absolute Gasteiger partial charge is 0.229 e. The highest BCUT2D eigenvalue weighted by atomic mass is 16.2. The molecule has 0 aromatic carbocycles. The highest BCUT2D eigenvalue weighted by molar-refractivity contribution is 5.96. The molecule has 2 rings (SSSR count). The third-order valence-electron chi connectivity index (χ3n) is 3.28. The fraction of sp³-hybridized carbons (Fsp3) is 0.500. The summed E-state index contributed by atoms with van der Waals surface area (Å²) in [6.07, 6.45) is 7.65. The zero-order chi connectivity index (χ0) is 13.5. The second-order valence-corrected chi connectivity index (χ2v) is 4.86. The van der Waals surface area contributed by atoms with Crippen LogP contribution in [0.2, 0.25) is 0 Å². The molecule has 1 saturated carbocycles. The van der Waals surface area contributed by atoms with Crippen molar-refractivity contribution >= 4 is 11.8 Å². The molecule has 1 aliphatic carbocycles. The first-order valence-electron chi connectivity index (χ1n) is 6.69. The van der Waals surface area contributed by atoms with Crippen LogP contribution >= 0.6 is 0 Å². The molecule has 1 aromatic heterocycles. The standard InChI is InChI=1S/C14H19N3O2/c18-13(16-10-11-5-7-15-8-6-11)9-14(19)17-12-3-1-2-4-12/h5-8,12H,1-4,9-10H2,(H,16,18)(H,17,19). The predicted octanol–water partition coefficient (Wildman–Crippen LogP) is 1.15. The van der Waals surface area contributed by atoms with Crippen molar-refractivity contribution in [3.05, 3.63) is 30.1 Å². The number of amides is 2. The van der Waals surface area contributed by atoms with Gasteiger partial charge in [0.2, 0.25) is 11.8 Å². The number of nitrogens with zero attached hydrogens (tertiary/aromatic N) is 1. The van der Waals surface area contributed by atoms with Crippen LogP contribution < -0.4 is 10.6 Å². The summed E-state index contributed by atoms with van der Waals surface area (Å²) in [5, 5.41) is 5.63. The molecule has 0 spiro atoms. The second-order valence-electron chi connectivity index (χ2n) is 4.86. The van der Waals surface area contributed by atoms with E-state index in [1.807, 2.05) is 12.1 Å². The van der Waals surface area contributed by atoms with Crippen molar-refractivity contribution in [2.75, 3.05) is 0 Å². The Morgan fingerprint density at radius 3 is 2.53 bits per heavy atom.